The molecule has 6 heteroatoms. The van der Waals surface area contributed by atoms with Crippen LogP contribution in [0.5, 0.6) is 0 Å². The number of nitrogens with zero attached hydrogens (tertiary/aromatic N) is 1. The Labute approximate surface area is 102 Å². The van der Waals surface area contributed by atoms with Crippen LogP contribution in [0.1, 0.15) is 39.0 Å². The Balaban J connectivity index is 2.58. The summed E-state index contributed by atoms with van der Waals surface area (Å²) in [4.78, 5) is 24.0. The first-order valence-electron chi connectivity index (χ1n) is 5.99. The molecule has 2 amide bonds. The van der Waals surface area contributed by atoms with Crippen molar-refractivity contribution in [1.82, 2.24) is 4.90 Å². The molecule has 1 heterocycles. The van der Waals surface area contributed by atoms with E-state index in [0.717, 1.165) is 24.2 Å². The monoisotopic (exact) mass is 261 g/mol. The Kier molecular flexibility index (Phi) is 5.34. The molecule has 1 aliphatic heterocycles. The van der Waals surface area contributed by atoms with E-state index in [4.69, 9.17) is 4.52 Å². The summed E-state index contributed by atoms with van der Waals surface area (Å²) in [5, 5.41) is 0. The van der Waals surface area contributed by atoms with Crippen molar-refractivity contribution >= 4 is 19.2 Å². The van der Waals surface area contributed by atoms with E-state index >= 15 is 0 Å². The maximum Gasteiger partial charge on any atom is 0.230 e. The van der Waals surface area contributed by atoms with Gasteiger partial charge in [-0.3, -0.25) is 19.1 Å². The van der Waals surface area contributed by atoms with Gasteiger partial charge in [0.05, 0.1) is 0 Å². The number of rotatable bonds is 7. The molecule has 1 atom stereocenters. The van der Waals surface area contributed by atoms with Gasteiger partial charge in [0, 0.05) is 26.1 Å². The van der Waals surface area contributed by atoms with Crippen LogP contribution < -0.4 is 0 Å². The van der Waals surface area contributed by atoms with Crippen molar-refractivity contribution in [2.75, 3.05) is 19.6 Å². The lowest BCUT2D eigenvalue weighted by molar-refractivity contribution is -0.137. The topological polar surface area (TPSA) is 63.7 Å². The van der Waals surface area contributed by atoms with Crippen molar-refractivity contribution in [3.8, 4) is 0 Å². The number of imide groups is 1. The van der Waals surface area contributed by atoms with Crippen LogP contribution in [-0.4, -0.2) is 36.3 Å². The summed E-state index contributed by atoms with van der Waals surface area (Å²) in [6.07, 6.45) is 3.67. The maximum absolute atomic E-state index is 12.3. The largest absolute Gasteiger partial charge is 0.331 e. The number of likely N-dealkylation sites (tertiary alicyclic amines) is 1. The lowest BCUT2D eigenvalue weighted by Gasteiger charge is -2.21. The molecule has 0 aromatic rings. The molecule has 1 fully saturated rings. The molecular formula is C11H20NO4P. The summed E-state index contributed by atoms with van der Waals surface area (Å²) >= 11 is 0. The molecule has 1 aliphatic rings. The Hall–Kier alpha value is -0.670. The van der Waals surface area contributed by atoms with Crippen LogP contribution in [0.2, 0.25) is 0 Å². The SMILES string of the molecule is CCCCCP(=O)(CN1C(=O)CCC1=O)OC. The number of carbonyl (C=O) groups is 2. The van der Waals surface area contributed by atoms with Crippen molar-refractivity contribution < 1.29 is 18.7 Å². The van der Waals surface area contributed by atoms with Crippen LogP contribution in [0.15, 0.2) is 0 Å². The normalized spacial score (nSPS) is 19.8. The lowest BCUT2D eigenvalue weighted by atomic mass is 10.3. The van der Waals surface area contributed by atoms with Crippen LogP contribution in [-0.2, 0) is 18.7 Å². The van der Waals surface area contributed by atoms with Gasteiger partial charge < -0.3 is 4.52 Å². The first-order valence-corrected chi connectivity index (χ1v) is 7.99. The highest BCUT2D eigenvalue weighted by Crippen LogP contribution is 2.48. The number of unbranched alkanes of at least 4 members (excludes halogenated alkanes) is 2. The fourth-order valence-corrected chi connectivity index (χ4v) is 3.71. The first-order chi connectivity index (χ1) is 8.02. The summed E-state index contributed by atoms with van der Waals surface area (Å²) in [6.45, 7) is 2.06. The maximum atomic E-state index is 12.3. The van der Waals surface area contributed by atoms with Gasteiger partial charge in [0.25, 0.3) is 0 Å². The van der Waals surface area contributed by atoms with E-state index < -0.39 is 7.37 Å². The second kappa shape index (κ2) is 6.31. The molecule has 0 saturated carbocycles. The standard InChI is InChI=1S/C11H20NO4P/c1-3-4-5-8-17(15,16-2)9-12-10(13)6-7-11(12)14/h3-9H2,1-2H3. The van der Waals surface area contributed by atoms with Crippen LogP contribution in [0.25, 0.3) is 0 Å². The molecule has 0 N–H and O–H groups in total. The molecule has 0 aromatic carbocycles. The van der Waals surface area contributed by atoms with Gasteiger partial charge in [-0.05, 0) is 6.42 Å². The van der Waals surface area contributed by atoms with E-state index in [1.807, 2.05) is 0 Å². The van der Waals surface area contributed by atoms with Gasteiger partial charge >= 0.3 is 0 Å². The molecule has 1 unspecified atom stereocenters. The van der Waals surface area contributed by atoms with Gasteiger partial charge in [0.2, 0.25) is 19.2 Å². The highest BCUT2D eigenvalue weighted by Gasteiger charge is 2.35. The summed E-state index contributed by atoms with van der Waals surface area (Å²) in [5.41, 5.74) is 0. The van der Waals surface area contributed by atoms with Crippen LogP contribution in [0, 0.1) is 0 Å². The van der Waals surface area contributed by atoms with E-state index in [1.54, 1.807) is 0 Å². The van der Waals surface area contributed by atoms with Crippen LogP contribution >= 0.6 is 7.37 Å². The van der Waals surface area contributed by atoms with Crippen LogP contribution in [0.4, 0.5) is 0 Å². The summed E-state index contributed by atoms with van der Waals surface area (Å²) in [6, 6.07) is 0. The smallest absolute Gasteiger partial charge is 0.230 e. The molecule has 0 aliphatic carbocycles. The summed E-state index contributed by atoms with van der Waals surface area (Å²) in [7, 11) is -1.48. The molecular weight excluding hydrogens is 241 g/mol. The minimum atomic E-state index is -2.87. The number of hydrogen-bond donors (Lipinski definition) is 0. The second-order valence-electron chi connectivity index (χ2n) is 4.28. The molecule has 0 radical (unpaired) electrons. The highest BCUT2D eigenvalue weighted by molar-refractivity contribution is 7.58. The van der Waals surface area contributed by atoms with E-state index in [2.05, 4.69) is 6.92 Å². The van der Waals surface area contributed by atoms with E-state index in [0.29, 0.717) is 6.16 Å². The van der Waals surface area contributed by atoms with Crippen molar-refractivity contribution in [2.24, 2.45) is 0 Å². The Morgan fingerprint density at radius 3 is 2.29 bits per heavy atom. The molecule has 5 nitrogen and oxygen atoms in total. The minimum absolute atomic E-state index is 0.0507. The average Bonchev–Trinajstić information content (AvgIpc) is 2.61. The average molecular weight is 261 g/mol. The zero-order valence-corrected chi connectivity index (χ0v) is 11.4. The zero-order valence-electron chi connectivity index (χ0n) is 10.5. The van der Waals surface area contributed by atoms with Gasteiger partial charge in [0.15, 0.2) is 0 Å². The van der Waals surface area contributed by atoms with Crippen molar-refractivity contribution in [3.63, 3.8) is 0 Å². The van der Waals surface area contributed by atoms with E-state index in [1.165, 1.54) is 7.11 Å². The molecule has 1 rings (SSSR count). The molecule has 17 heavy (non-hydrogen) atoms. The van der Waals surface area contributed by atoms with Gasteiger partial charge in [-0.15, -0.1) is 0 Å². The number of amides is 2. The third kappa shape index (κ3) is 3.93. The highest BCUT2D eigenvalue weighted by atomic mass is 31.2. The molecule has 0 bridgehead atoms. The third-order valence-corrected chi connectivity index (χ3v) is 5.32. The van der Waals surface area contributed by atoms with Gasteiger partial charge in [-0.2, -0.15) is 0 Å². The van der Waals surface area contributed by atoms with Gasteiger partial charge in [-0.1, -0.05) is 19.8 Å². The fourth-order valence-electron chi connectivity index (χ4n) is 1.82. The van der Waals surface area contributed by atoms with Gasteiger partial charge in [-0.25, -0.2) is 0 Å². The Bertz CT molecular complexity index is 326. The fraction of sp³-hybridized carbons (Fsp3) is 0.818. The molecule has 98 valence electrons. The third-order valence-electron chi connectivity index (χ3n) is 2.95. The number of hydrogen-bond acceptors (Lipinski definition) is 4. The van der Waals surface area contributed by atoms with E-state index in [-0.39, 0.29) is 30.9 Å². The predicted molar refractivity (Wildman–Crippen MR) is 65.0 cm³/mol. The summed E-state index contributed by atoms with van der Waals surface area (Å²) < 4.78 is 17.4. The van der Waals surface area contributed by atoms with Crippen molar-refractivity contribution in [2.45, 2.75) is 39.0 Å². The number of carbonyl (C=O) groups excluding carboxylic acids is 2. The van der Waals surface area contributed by atoms with Crippen molar-refractivity contribution in [3.05, 3.63) is 0 Å². The minimum Gasteiger partial charge on any atom is -0.331 e. The summed E-state index contributed by atoms with van der Waals surface area (Å²) in [5.74, 6) is -0.467. The lowest BCUT2D eigenvalue weighted by Crippen LogP contribution is -2.30. The molecule has 0 aromatic heterocycles. The molecule has 1 saturated heterocycles. The van der Waals surface area contributed by atoms with E-state index in [9.17, 15) is 14.2 Å². The zero-order chi connectivity index (χ0) is 12.9. The Morgan fingerprint density at radius 1 is 1.24 bits per heavy atom. The first kappa shape index (κ1) is 14.4. The van der Waals surface area contributed by atoms with Gasteiger partial charge in [0.1, 0.15) is 6.29 Å². The predicted octanol–water partition coefficient (Wildman–Crippen LogP) is 2.21. The Morgan fingerprint density at radius 2 is 1.82 bits per heavy atom. The second-order valence-corrected chi connectivity index (χ2v) is 7.01. The van der Waals surface area contributed by atoms with Crippen molar-refractivity contribution in [1.29, 1.82) is 0 Å². The molecule has 0 spiro atoms. The quantitative estimate of drug-likeness (QED) is 0.400. The van der Waals surface area contributed by atoms with Crippen LogP contribution in [0.3, 0.4) is 0 Å².